The Bertz CT molecular complexity index is 598. The van der Waals surface area contributed by atoms with E-state index in [1.807, 2.05) is 0 Å². The van der Waals surface area contributed by atoms with Crippen molar-refractivity contribution in [2.75, 3.05) is 0 Å². The Kier molecular flexibility index (Phi) is 2.35. The van der Waals surface area contributed by atoms with Gasteiger partial charge in [-0.05, 0) is 59.3 Å². The van der Waals surface area contributed by atoms with Gasteiger partial charge in [-0.2, -0.15) is 0 Å². The van der Waals surface area contributed by atoms with Crippen LogP contribution in [-0.4, -0.2) is 0 Å². The molecular weight excluding hydrogens is 228 g/mol. The highest BCUT2D eigenvalue weighted by Gasteiger charge is 2.42. The van der Waals surface area contributed by atoms with Crippen molar-refractivity contribution in [2.45, 2.75) is 38.5 Å². The molecule has 0 saturated heterocycles. The topological polar surface area (TPSA) is 0 Å². The fourth-order valence-electron chi connectivity index (χ4n) is 4.36. The van der Waals surface area contributed by atoms with E-state index in [0.717, 1.165) is 5.92 Å². The number of hydrogen-bond acceptors (Lipinski definition) is 0. The first-order chi connectivity index (χ1) is 9.26. The summed E-state index contributed by atoms with van der Waals surface area (Å²) in [7, 11) is 0. The summed E-state index contributed by atoms with van der Waals surface area (Å²) in [4.78, 5) is 0. The van der Waals surface area contributed by atoms with Gasteiger partial charge in [0.1, 0.15) is 0 Å². The molecule has 0 heterocycles. The van der Waals surface area contributed by atoms with Gasteiger partial charge in [-0.15, -0.1) is 0 Å². The predicted octanol–water partition coefficient (Wildman–Crippen LogP) is 4.52. The molecule has 96 valence electrons. The molecule has 0 nitrogen and oxygen atoms in total. The molecule has 19 heavy (non-hydrogen) atoms. The maximum atomic E-state index is 2.50. The van der Waals surface area contributed by atoms with Crippen molar-refractivity contribution in [1.82, 2.24) is 0 Å². The van der Waals surface area contributed by atoms with Crippen molar-refractivity contribution in [1.29, 1.82) is 0 Å². The largest absolute Gasteiger partial charge is 0.0620 e. The van der Waals surface area contributed by atoms with Crippen molar-refractivity contribution in [2.24, 2.45) is 5.41 Å². The van der Waals surface area contributed by atoms with Gasteiger partial charge in [-0.1, -0.05) is 55.5 Å². The first-order valence-electron chi connectivity index (χ1n) is 7.41. The summed E-state index contributed by atoms with van der Waals surface area (Å²) in [5.74, 6) is 0.746. The molecule has 0 aliphatic heterocycles. The van der Waals surface area contributed by atoms with Gasteiger partial charge in [0.15, 0.2) is 0 Å². The summed E-state index contributed by atoms with van der Waals surface area (Å²) in [5, 5.41) is 0. The first kappa shape index (κ1) is 11.3. The minimum atomic E-state index is 0.427. The molecule has 0 fully saturated rings. The van der Waals surface area contributed by atoms with Crippen molar-refractivity contribution < 1.29 is 0 Å². The van der Waals surface area contributed by atoms with Crippen LogP contribution in [0.5, 0.6) is 0 Å². The van der Waals surface area contributed by atoms with E-state index in [2.05, 4.69) is 55.5 Å². The Labute approximate surface area is 115 Å². The molecule has 0 N–H and O–H groups in total. The third kappa shape index (κ3) is 1.66. The van der Waals surface area contributed by atoms with Crippen molar-refractivity contribution >= 4 is 0 Å². The third-order valence-corrected chi connectivity index (χ3v) is 5.28. The summed E-state index contributed by atoms with van der Waals surface area (Å²) in [5.41, 5.74) is 6.79. The highest BCUT2D eigenvalue weighted by atomic mass is 14.5. The quantitative estimate of drug-likeness (QED) is 0.696. The number of benzene rings is 2. The summed E-state index contributed by atoms with van der Waals surface area (Å²) < 4.78 is 0. The average Bonchev–Trinajstić information content (AvgIpc) is 2.98. The minimum absolute atomic E-state index is 0.427. The second-order valence-corrected chi connectivity index (χ2v) is 6.57. The molecule has 0 spiro atoms. The Hall–Kier alpha value is -1.56. The lowest BCUT2D eigenvalue weighted by Gasteiger charge is -2.32. The number of rotatable bonds is 1. The van der Waals surface area contributed by atoms with E-state index in [-0.39, 0.29) is 0 Å². The average molecular weight is 248 g/mol. The van der Waals surface area contributed by atoms with Crippen LogP contribution in [0, 0.1) is 5.41 Å². The molecular formula is C19H20. The highest BCUT2D eigenvalue weighted by Crippen LogP contribution is 2.51. The van der Waals surface area contributed by atoms with Gasteiger partial charge < -0.3 is 0 Å². The summed E-state index contributed by atoms with van der Waals surface area (Å²) in [6.45, 7) is 2.50. The maximum absolute atomic E-state index is 2.50. The SMILES string of the molecule is CC1(C2CCc3ccccc32)Cc2ccccc2C1. The highest BCUT2D eigenvalue weighted by molar-refractivity contribution is 5.41. The standard InChI is InChI=1S/C19H20/c1-19(12-15-7-2-3-8-16(15)13-19)18-11-10-14-6-4-5-9-17(14)18/h2-9,18H,10-13H2,1H3. The van der Waals surface area contributed by atoms with E-state index in [1.54, 1.807) is 22.3 Å². The van der Waals surface area contributed by atoms with Gasteiger partial charge in [0.05, 0.1) is 0 Å². The van der Waals surface area contributed by atoms with E-state index < -0.39 is 0 Å². The predicted molar refractivity (Wildman–Crippen MR) is 79.5 cm³/mol. The lowest BCUT2D eigenvalue weighted by Crippen LogP contribution is -2.24. The molecule has 0 bridgehead atoms. The Morgan fingerprint density at radius 2 is 1.42 bits per heavy atom. The molecule has 0 amide bonds. The number of hydrogen-bond donors (Lipinski definition) is 0. The van der Waals surface area contributed by atoms with Crippen molar-refractivity contribution in [3.8, 4) is 0 Å². The molecule has 1 atom stereocenters. The van der Waals surface area contributed by atoms with E-state index in [4.69, 9.17) is 0 Å². The van der Waals surface area contributed by atoms with Crippen molar-refractivity contribution in [3.63, 3.8) is 0 Å². The molecule has 0 saturated carbocycles. The first-order valence-corrected chi connectivity index (χ1v) is 7.41. The summed E-state index contributed by atoms with van der Waals surface area (Å²) in [6.07, 6.45) is 5.11. The van der Waals surface area contributed by atoms with E-state index in [1.165, 1.54) is 25.7 Å². The molecule has 0 radical (unpaired) electrons. The van der Waals surface area contributed by atoms with E-state index >= 15 is 0 Å². The number of fused-ring (bicyclic) bond motifs is 2. The molecule has 2 aromatic carbocycles. The fraction of sp³-hybridized carbons (Fsp3) is 0.368. The van der Waals surface area contributed by atoms with Crippen LogP contribution < -0.4 is 0 Å². The van der Waals surface area contributed by atoms with Crippen LogP contribution in [0.2, 0.25) is 0 Å². The van der Waals surface area contributed by atoms with Crippen LogP contribution in [-0.2, 0) is 19.3 Å². The molecule has 2 aliphatic carbocycles. The lowest BCUT2D eigenvalue weighted by atomic mass is 9.72. The zero-order valence-corrected chi connectivity index (χ0v) is 11.5. The van der Waals surface area contributed by atoms with Crippen LogP contribution >= 0.6 is 0 Å². The minimum Gasteiger partial charge on any atom is -0.0620 e. The van der Waals surface area contributed by atoms with Crippen LogP contribution in [0.3, 0.4) is 0 Å². The fourth-order valence-corrected chi connectivity index (χ4v) is 4.36. The summed E-state index contributed by atoms with van der Waals surface area (Å²) >= 11 is 0. The van der Waals surface area contributed by atoms with Crippen molar-refractivity contribution in [3.05, 3.63) is 70.8 Å². The van der Waals surface area contributed by atoms with Crippen LogP contribution in [0.25, 0.3) is 0 Å². The smallest absolute Gasteiger partial charge is 0.00957 e. The molecule has 0 aromatic heterocycles. The Morgan fingerprint density at radius 1 is 0.842 bits per heavy atom. The van der Waals surface area contributed by atoms with Gasteiger partial charge in [-0.25, -0.2) is 0 Å². The zero-order valence-electron chi connectivity index (χ0n) is 11.5. The Morgan fingerprint density at radius 3 is 2.11 bits per heavy atom. The second kappa shape index (κ2) is 3.96. The normalized spacial score (nSPS) is 23.1. The Balaban J connectivity index is 1.72. The maximum Gasteiger partial charge on any atom is -0.00957 e. The molecule has 4 rings (SSSR count). The molecule has 1 unspecified atom stereocenters. The van der Waals surface area contributed by atoms with E-state index in [9.17, 15) is 0 Å². The van der Waals surface area contributed by atoms with E-state index in [0.29, 0.717) is 5.41 Å². The van der Waals surface area contributed by atoms with Crippen LogP contribution in [0.4, 0.5) is 0 Å². The number of aryl methyl sites for hydroxylation is 1. The van der Waals surface area contributed by atoms with Gasteiger partial charge in [-0.3, -0.25) is 0 Å². The molecule has 0 heteroatoms. The molecule has 2 aromatic rings. The van der Waals surface area contributed by atoms with Gasteiger partial charge in [0, 0.05) is 0 Å². The zero-order chi connectivity index (χ0) is 12.9. The molecule has 2 aliphatic rings. The van der Waals surface area contributed by atoms with Crippen LogP contribution in [0.15, 0.2) is 48.5 Å². The lowest BCUT2D eigenvalue weighted by molar-refractivity contribution is 0.266. The van der Waals surface area contributed by atoms with Gasteiger partial charge in [0.25, 0.3) is 0 Å². The van der Waals surface area contributed by atoms with Gasteiger partial charge in [0.2, 0.25) is 0 Å². The summed E-state index contributed by atoms with van der Waals surface area (Å²) in [6, 6.07) is 18.1. The third-order valence-electron chi connectivity index (χ3n) is 5.28. The van der Waals surface area contributed by atoms with Gasteiger partial charge >= 0.3 is 0 Å². The second-order valence-electron chi connectivity index (χ2n) is 6.57. The monoisotopic (exact) mass is 248 g/mol. The van der Waals surface area contributed by atoms with Crippen LogP contribution in [0.1, 0.15) is 41.5 Å².